The molecule has 1 aliphatic heterocycles. The maximum absolute atomic E-state index is 13.7. The molecule has 0 bridgehead atoms. The highest BCUT2D eigenvalue weighted by Gasteiger charge is 2.32. The van der Waals surface area contributed by atoms with Crippen LogP contribution in [-0.2, 0) is 9.59 Å². The molecule has 0 saturated heterocycles. The highest BCUT2D eigenvalue weighted by Crippen LogP contribution is 2.32. The minimum atomic E-state index is -1.17. The Morgan fingerprint density at radius 3 is 2.41 bits per heavy atom. The number of nitrogens with one attached hydrogen (secondary N) is 3. The average Bonchev–Trinajstić information content (AvgIpc) is 3.06. The summed E-state index contributed by atoms with van der Waals surface area (Å²) in [5.74, 6) is -0.231. The molecule has 4 rings (SSSR count). The average molecular weight is 528 g/mol. The van der Waals surface area contributed by atoms with Crippen molar-refractivity contribution in [2.24, 2.45) is 4.99 Å². The lowest BCUT2D eigenvalue weighted by molar-refractivity contribution is -0.127. The highest BCUT2D eigenvalue weighted by molar-refractivity contribution is 6.11. The Balaban J connectivity index is 1.40. The van der Waals surface area contributed by atoms with E-state index in [4.69, 9.17) is 4.74 Å². The molecule has 9 nitrogen and oxygen atoms in total. The summed E-state index contributed by atoms with van der Waals surface area (Å²) in [5.41, 5.74) is 3.58. The zero-order chi connectivity index (χ0) is 27.8. The number of hydrogen-bond donors (Lipinski definition) is 3. The van der Waals surface area contributed by atoms with Crippen LogP contribution in [0.5, 0.6) is 5.75 Å². The van der Waals surface area contributed by atoms with Gasteiger partial charge in [-0.05, 0) is 62.2 Å². The fourth-order valence-electron chi connectivity index (χ4n) is 4.08. The zero-order valence-corrected chi connectivity index (χ0v) is 22.3. The van der Waals surface area contributed by atoms with Crippen molar-refractivity contribution in [3.63, 3.8) is 0 Å². The number of fused-ring (bicyclic) bond motifs is 1. The smallest absolute Gasteiger partial charge is 0.319 e. The monoisotopic (exact) mass is 527 g/mol. The van der Waals surface area contributed by atoms with E-state index in [1.54, 1.807) is 42.3 Å². The van der Waals surface area contributed by atoms with Gasteiger partial charge in [0, 0.05) is 17.5 Å². The molecule has 1 heterocycles. The van der Waals surface area contributed by atoms with Crippen LogP contribution in [-0.4, -0.2) is 42.9 Å². The van der Waals surface area contributed by atoms with Gasteiger partial charge in [0.1, 0.15) is 11.8 Å². The van der Waals surface area contributed by atoms with Crippen molar-refractivity contribution in [3.8, 4) is 5.75 Å². The maximum atomic E-state index is 13.7. The van der Waals surface area contributed by atoms with Crippen LogP contribution in [0, 0.1) is 6.92 Å². The van der Waals surface area contributed by atoms with Gasteiger partial charge in [-0.25, -0.2) is 4.79 Å². The summed E-state index contributed by atoms with van der Waals surface area (Å²) in [6.07, 6.45) is 2.43. The molecule has 4 amide bonds. The fraction of sp³-hybridized carbons (Fsp3) is 0.267. The van der Waals surface area contributed by atoms with E-state index in [0.717, 1.165) is 29.7 Å². The number of unbranched alkanes of at least 4 members (excludes halogenated alkanes) is 1. The highest BCUT2D eigenvalue weighted by atomic mass is 16.5. The lowest BCUT2D eigenvalue weighted by Crippen LogP contribution is -2.52. The number of rotatable bonds is 9. The lowest BCUT2D eigenvalue weighted by Gasteiger charge is -2.27. The SMILES string of the molecule is CCCCOc1ccc(NC(=O)N[C@@H](C)C(=O)N[C@H]2N=Cc3ccccc3N(c3ccccc3C)C2=O)cc1. The Kier molecular flexibility index (Phi) is 8.94. The molecule has 0 saturated carbocycles. The number of ether oxygens (including phenoxy) is 1. The van der Waals surface area contributed by atoms with Crippen LogP contribution in [0.3, 0.4) is 0 Å². The van der Waals surface area contributed by atoms with E-state index >= 15 is 0 Å². The molecule has 3 aromatic carbocycles. The first-order valence-corrected chi connectivity index (χ1v) is 13.0. The topological polar surface area (TPSA) is 112 Å². The van der Waals surface area contributed by atoms with Crippen LogP contribution >= 0.6 is 0 Å². The van der Waals surface area contributed by atoms with Crippen molar-refractivity contribution in [2.45, 2.75) is 45.8 Å². The Bertz CT molecular complexity index is 1360. The number of amides is 4. The number of aryl methyl sites for hydroxylation is 1. The van der Waals surface area contributed by atoms with Gasteiger partial charge in [-0.15, -0.1) is 0 Å². The van der Waals surface area contributed by atoms with Gasteiger partial charge >= 0.3 is 6.03 Å². The Labute approximate surface area is 228 Å². The molecule has 0 unspecified atom stereocenters. The van der Waals surface area contributed by atoms with Crippen LogP contribution in [0.2, 0.25) is 0 Å². The van der Waals surface area contributed by atoms with E-state index in [1.807, 2.05) is 55.5 Å². The molecule has 0 spiro atoms. The summed E-state index contributed by atoms with van der Waals surface area (Å²) in [7, 11) is 0. The Morgan fingerprint density at radius 2 is 1.69 bits per heavy atom. The first-order valence-electron chi connectivity index (χ1n) is 13.0. The van der Waals surface area contributed by atoms with Crippen molar-refractivity contribution in [2.75, 3.05) is 16.8 Å². The molecule has 0 aromatic heterocycles. The predicted molar refractivity (Wildman–Crippen MR) is 153 cm³/mol. The van der Waals surface area contributed by atoms with Crippen LogP contribution in [0.4, 0.5) is 21.9 Å². The first-order chi connectivity index (χ1) is 18.9. The van der Waals surface area contributed by atoms with Crippen LogP contribution in [0.25, 0.3) is 0 Å². The Hall–Kier alpha value is -4.66. The van der Waals surface area contributed by atoms with Gasteiger partial charge in [0.2, 0.25) is 12.1 Å². The molecule has 0 fully saturated rings. The number of urea groups is 1. The molecular weight excluding hydrogens is 494 g/mol. The number of para-hydroxylation sites is 2. The summed E-state index contributed by atoms with van der Waals surface area (Å²) in [5, 5.41) is 7.98. The molecule has 2 atom stereocenters. The van der Waals surface area contributed by atoms with E-state index in [1.165, 1.54) is 0 Å². The number of aliphatic imine (C=N–C) groups is 1. The molecular formula is C30H33N5O4. The summed E-state index contributed by atoms with van der Waals surface area (Å²) in [6.45, 7) is 6.19. The van der Waals surface area contributed by atoms with Crippen LogP contribution in [0.1, 0.15) is 37.8 Å². The van der Waals surface area contributed by atoms with E-state index in [2.05, 4.69) is 27.9 Å². The summed E-state index contributed by atoms with van der Waals surface area (Å²) < 4.78 is 5.63. The molecule has 1 aliphatic rings. The molecule has 0 radical (unpaired) electrons. The van der Waals surface area contributed by atoms with E-state index in [-0.39, 0.29) is 0 Å². The van der Waals surface area contributed by atoms with E-state index in [9.17, 15) is 14.4 Å². The normalized spacial score (nSPS) is 15.1. The number of nitrogens with zero attached hydrogens (tertiary/aromatic N) is 2. The van der Waals surface area contributed by atoms with Gasteiger partial charge in [-0.1, -0.05) is 49.7 Å². The minimum absolute atomic E-state index is 0.406. The van der Waals surface area contributed by atoms with Crippen molar-refractivity contribution in [1.82, 2.24) is 10.6 Å². The van der Waals surface area contributed by atoms with Gasteiger partial charge in [-0.2, -0.15) is 0 Å². The molecule has 9 heteroatoms. The second kappa shape index (κ2) is 12.7. The van der Waals surface area contributed by atoms with Gasteiger partial charge < -0.3 is 20.7 Å². The summed E-state index contributed by atoms with van der Waals surface area (Å²) in [6, 6.07) is 20.5. The molecule has 0 aliphatic carbocycles. The predicted octanol–water partition coefficient (Wildman–Crippen LogP) is 4.92. The number of carbonyl (C=O) groups is 3. The molecule has 202 valence electrons. The van der Waals surface area contributed by atoms with Crippen molar-refractivity contribution >= 4 is 41.1 Å². The number of benzodiazepines with no additional fused rings is 1. The Morgan fingerprint density at radius 1 is 1.00 bits per heavy atom. The lowest BCUT2D eigenvalue weighted by atomic mass is 10.1. The van der Waals surface area contributed by atoms with Gasteiger partial charge in [0.05, 0.1) is 18.0 Å². The van der Waals surface area contributed by atoms with Crippen molar-refractivity contribution in [1.29, 1.82) is 0 Å². The number of anilines is 3. The van der Waals surface area contributed by atoms with Gasteiger partial charge in [0.15, 0.2) is 0 Å². The third-order valence-corrected chi connectivity index (χ3v) is 6.25. The summed E-state index contributed by atoms with van der Waals surface area (Å²) in [4.78, 5) is 45.1. The van der Waals surface area contributed by atoms with Gasteiger partial charge in [-0.3, -0.25) is 19.5 Å². The first kappa shape index (κ1) is 27.4. The van der Waals surface area contributed by atoms with E-state index < -0.39 is 30.1 Å². The quantitative estimate of drug-likeness (QED) is 0.343. The summed E-state index contributed by atoms with van der Waals surface area (Å²) >= 11 is 0. The second-order valence-electron chi connectivity index (χ2n) is 9.25. The standard InChI is InChI=1S/C30H33N5O4/c1-4-5-18-39-24-16-14-23(15-17-24)33-30(38)32-21(3)28(36)34-27-29(37)35(25-12-8-6-10-20(25)2)26-13-9-7-11-22(26)19-31-27/h6-17,19,21,27H,4-5,18H2,1-3H3,(H,34,36)(H2,32,33,38)/t21-,27+/m0/s1. The van der Waals surface area contributed by atoms with Crippen molar-refractivity contribution < 1.29 is 19.1 Å². The third-order valence-electron chi connectivity index (χ3n) is 6.25. The largest absolute Gasteiger partial charge is 0.494 e. The fourth-order valence-corrected chi connectivity index (χ4v) is 4.08. The number of hydrogen-bond acceptors (Lipinski definition) is 5. The zero-order valence-electron chi connectivity index (χ0n) is 22.3. The number of carbonyl (C=O) groups excluding carboxylic acids is 3. The number of benzene rings is 3. The van der Waals surface area contributed by atoms with Crippen LogP contribution in [0.15, 0.2) is 77.8 Å². The third kappa shape index (κ3) is 6.81. The van der Waals surface area contributed by atoms with Crippen molar-refractivity contribution in [3.05, 3.63) is 83.9 Å². The maximum Gasteiger partial charge on any atom is 0.319 e. The molecule has 3 aromatic rings. The molecule has 3 N–H and O–H groups in total. The minimum Gasteiger partial charge on any atom is -0.494 e. The van der Waals surface area contributed by atoms with Gasteiger partial charge in [0.25, 0.3) is 5.91 Å². The molecule has 39 heavy (non-hydrogen) atoms. The van der Waals surface area contributed by atoms with E-state index in [0.29, 0.717) is 23.7 Å². The van der Waals surface area contributed by atoms with Crippen LogP contribution < -0.4 is 25.6 Å². The second-order valence-corrected chi connectivity index (χ2v) is 9.25.